The first-order valence-electron chi connectivity index (χ1n) is 8.06. The number of nitrogens with zero attached hydrogens (tertiary/aromatic N) is 1. The molecule has 0 aliphatic heterocycles. The van der Waals surface area contributed by atoms with Crippen molar-refractivity contribution in [3.05, 3.63) is 53.7 Å². The van der Waals surface area contributed by atoms with E-state index in [9.17, 15) is 9.59 Å². The van der Waals surface area contributed by atoms with Crippen LogP contribution in [0.1, 0.15) is 41.6 Å². The Labute approximate surface area is 140 Å². The van der Waals surface area contributed by atoms with Crippen LogP contribution in [-0.2, 0) is 4.79 Å². The molecule has 2 aromatic rings. The molecule has 5 heteroatoms. The Bertz CT molecular complexity index is 767. The predicted octanol–water partition coefficient (Wildman–Crippen LogP) is 3.18. The van der Waals surface area contributed by atoms with Crippen LogP contribution in [0.2, 0.25) is 0 Å². The average molecular weight is 324 g/mol. The summed E-state index contributed by atoms with van der Waals surface area (Å²) in [6.07, 6.45) is 4.06. The lowest BCUT2D eigenvalue weighted by Crippen LogP contribution is -2.54. The van der Waals surface area contributed by atoms with Crippen LogP contribution < -0.4 is 5.32 Å². The minimum atomic E-state index is -0.881. The number of carboxylic acid groups (broad SMARTS) is 1. The number of aromatic nitrogens is 1. The number of carbonyl (C=O) groups excluding carboxylic acids is 1. The Hall–Kier alpha value is -2.69. The fourth-order valence-corrected chi connectivity index (χ4v) is 3.23. The second-order valence-electron chi connectivity index (χ2n) is 6.35. The number of hydrogen-bond acceptors (Lipinski definition) is 3. The first-order valence-corrected chi connectivity index (χ1v) is 8.06. The summed E-state index contributed by atoms with van der Waals surface area (Å²) in [5.74, 6) is -1.10. The molecule has 5 nitrogen and oxygen atoms in total. The van der Waals surface area contributed by atoms with Crippen molar-refractivity contribution in [3.8, 4) is 11.3 Å². The molecule has 1 aromatic heterocycles. The lowest BCUT2D eigenvalue weighted by molar-refractivity contribution is -0.139. The summed E-state index contributed by atoms with van der Waals surface area (Å²) in [7, 11) is 0. The average Bonchev–Trinajstić information content (AvgIpc) is 2.53. The molecule has 0 atom stereocenters. The van der Waals surface area contributed by atoms with E-state index in [1.54, 1.807) is 12.3 Å². The van der Waals surface area contributed by atoms with E-state index >= 15 is 0 Å². The zero-order chi connectivity index (χ0) is 17.2. The lowest BCUT2D eigenvalue weighted by Gasteiger charge is -2.41. The highest BCUT2D eigenvalue weighted by Crippen LogP contribution is 2.35. The molecule has 1 heterocycles. The molecular formula is C19H20N2O3. The van der Waals surface area contributed by atoms with Gasteiger partial charge < -0.3 is 10.4 Å². The zero-order valence-electron chi connectivity index (χ0n) is 13.6. The summed E-state index contributed by atoms with van der Waals surface area (Å²) in [5, 5.41) is 12.0. The predicted molar refractivity (Wildman–Crippen MR) is 90.7 cm³/mol. The van der Waals surface area contributed by atoms with Crippen molar-refractivity contribution >= 4 is 11.9 Å². The van der Waals surface area contributed by atoms with E-state index in [1.165, 1.54) is 0 Å². The molecule has 124 valence electrons. The molecule has 0 spiro atoms. The molecule has 1 aromatic carbocycles. The van der Waals surface area contributed by atoms with Gasteiger partial charge in [-0.1, -0.05) is 18.2 Å². The Kier molecular flexibility index (Phi) is 4.34. The molecule has 1 saturated carbocycles. The van der Waals surface area contributed by atoms with Crippen molar-refractivity contribution in [2.24, 2.45) is 0 Å². The molecule has 1 aliphatic carbocycles. The normalized spacial score (nSPS) is 15.4. The molecule has 24 heavy (non-hydrogen) atoms. The van der Waals surface area contributed by atoms with Crippen LogP contribution in [0.5, 0.6) is 0 Å². The number of aliphatic carboxylic acids is 1. The maximum atomic E-state index is 12.7. The molecule has 2 N–H and O–H groups in total. The fourth-order valence-electron chi connectivity index (χ4n) is 3.23. The Morgan fingerprint density at radius 2 is 2.00 bits per heavy atom. The number of amides is 1. The van der Waals surface area contributed by atoms with E-state index in [0.29, 0.717) is 18.4 Å². The van der Waals surface area contributed by atoms with Gasteiger partial charge in [0.1, 0.15) is 0 Å². The number of nitrogens with one attached hydrogen (secondary N) is 1. The number of pyridine rings is 1. The summed E-state index contributed by atoms with van der Waals surface area (Å²) in [6, 6.07) is 11.2. The van der Waals surface area contributed by atoms with Crippen molar-refractivity contribution in [1.29, 1.82) is 0 Å². The van der Waals surface area contributed by atoms with Crippen LogP contribution >= 0.6 is 0 Å². The zero-order valence-corrected chi connectivity index (χ0v) is 13.6. The maximum Gasteiger partial charge on any atom is 0.305 e. The van der Waals surface area contributed by atoms with E-state index in [-0.39, 0.29) is 12.3 Å². The van der Waals surface area contributed by atoms with Gasteiger partial charge in [-0.2, -0.15) is 0 Å². The molecule has 1 fully saturated rings. The number of benzene rings is 1. The molecule has 1 aliphatic rings. The summed E-state index contributed by atoms with van der Waals surface area (Å²) >= 11 is 0. The first-order chi connectivity index (χ1) is 11.5. The summed E-state index contributed by atoms with van der Waals surface area (Å²) < 4.78 is 0. The lowest BCUT2D eigenvalue weighted by atomic mass is 9.74. The van der Waals surface area contributed by atoms with Crippen LogP contribution in [0, 0.1) is 6.92 Å². The van der Waals surface area contributed by atoms with Crippen molar-refractivity contribution < 1.29 is 14.7 Å². The fraction of sp³-hybridized carbons (Fsp3) is 0.316. The second-order valence-corrected chi connectivity index (χ2v) is 6.35. The third-order valence-electron chi connectivity index (χ3n) is 4.70. The van der Waals surface area contributed by atoms with Crippen LogP contribution in [-0.4, -0.2) is 27.5 Å². The van der Waals surface area contributed by atoms with Crippen molar-refractivity contribution in [2.45, 2.75) is 38.1 Å². The van der Waals surface area contributed by atoms with E-state index in [0.717, 1.165) is 23.2 Å². The molecule has 0 bridgehead atoms. The topological polar surface area (TPSA) is 79.3 Å². The number of carbonyl (C=O) groups is 2. The molecule has 0 radical (unpaired) electrons. The molecule has 0 saturated heterocycles. The summed E-state index contributed by atoms with van der Waals surface area (Å²) in [4.78, 5) is 28.1. The smallest absolute Gasteiger partial charge is 0.305 e. The van der Waals surface area contributed by atoms with E-state index in [4.69, 9.17) is 5.11 Å². The van der Waals surface area contributed by atoms with Gasteiger partial charge in [-0.25, -0.2) is 0 Å². The largest absolute Gasteiger partial charge is 0.481 e. The molecule has 0 unspecified atom stereocenters. The van der Waals surface area contributed by atoms with Gasteiger partial charge in [-0.3, -0.25) is 14.6 Å². The van der Waals surface area contributed by atoms with Crippen LogP contribution in [0.4, 0.5) is 0 Å². The Morgan fingerprint density at radius 3 is 2.58 bits per heavy atom. The Morgan fingerprint density at radius 1 is 1.21 bits per heavy atom. The highest BCUT2D eigenvalue weighted by molar-refractivity contribution is 5.98. The third-order valence-corrected chi connectivity index (χ3v) is 4.70. The first kappa shape index (κ1) is 16.2. The van der Waals surface area contributed by atoms with Crippen molar-refractivity contribution in [1.82, 2.24) is 10.3 Å². The van der Waals surface area contributed by atoms with Crippen molar-refractivity contribution in [2.75, 3.05) is 0 Å². The van der Waals surface area contributed by atoms with E-state index in [2.05, 4.69) is 10.3 Å². The van der Waals surface area contributed by atoms with Gasteiger partial charge in [0.25, 0.3) is 5.91 Å². The molecule has 1 amide bonds. The number of carboxylic acids is 1. The SMILES string of the molecule is Cc1c(C(=O)NC2(CC(=O)O)CCC2)cccc1-c1ccccn1. The third kappa shape index (κ3) is 3.15. The quantitative estimate of drug-likeness (QED) is 0.885. The van der Waals surface area contributed by atoms with Gasteiger partial charge in [0.15, 0.2) is 0 Å². The maximum absolute atomic E-state index is 12.7. The summed E-state index contributed by atoms with van der Waals surface area (Å²) in [5.41, 5.74) is 2.53. The van der Waals surface area contributed by atoms with E-state index < -0.39 is 11.5 Å². The van der Waals surface area contributed by atoms with Gasteiger partial charge in [-0.05, 0) is 49.9 Å². The minimum Gasteiger partial charge on any atom is -0.481 e. The van der Waals surface area contributed by atoms with Crippen LogP contribution in [0.3, 0.4) is 0 Å². The number of hydrogen-bond donors (Lipinski definition) is 2. The number of rotatable bonds is 5. The molecular weight excluding hydrogens is 304 g/mol. The van der Waals surface area contributed by atoms with Gasteiger partial charge in [-0.15, -0.1) is 0 Å². The van der Waals surface area contributed by atoms with Crippen LogP contribution in [0.25, 0.3) is 11.3 Å². The van der Waals surface area contributed by atoms with Gasteiger partial charge in [0.2, 0.25) is 0 Å². The van der Waals surface area contributed by atoms with Gasteiger partial charge in [0, 0.05) is 17.3 Å². The van der Waals surface area contributed by atoms with E-state index in [1.807, 2.05) is 37.3 Å². The molecule has 3 rings (SSSR count). The Balaban J connectivity index is 1.87. The standard InChI is InChI=1S/C19H20N2O3/c1-13-14(16-8-2-3-11-20-16)6-4-7-15(13)18(24)21-19(9-5-10-19)12-17(22)23/h2-4,6-8,11H,5,9-10,12H2,1H3,(H,21,24)(H,22,23). The highest BCUT2D eigenvalue weighted by Gasteiger charge is 2.40. The van der Waals surface area contributed by atoms with Gasteiger partial charge >= 0.3 is 5.97 Å². The summed E-state index contributed by atoms with van der Waals surface area (Å²) in [6.45, 7) is 1.89. The minimum absolute atomic E-state index is 0.0300. The van der Waals surface area contributed by atoms with Gasteiger partial charge in [0.05, 0.1) is 17.7 Å². The second kappa shape index (κ2) is 6.43. The monoisotopic (exact) mass is 324 g/mol. The highest BCUT2D eigenvalue weighted by atomic mass is 16.4. The van der Waals surface area contributed by atoms with Crippen LogP contribution in [0.15, 0.2) is 42.6 Å². The van der Waals surface area contributed by atoms with Crippen molar-refractivity contribution in [3.63, 3.8) is 0 Å².